The van der Waals surface area contributed by atoms with E-state index in [2.05, 4.69) is 19.5 Å². The van der Waals surface area contributed by atoms with Crippen molar-refractivity contribution >= 4 is 5.91 Å². The van der Waals surface area contributed by atoms with Crippen LogP contribution in [-0.4, -0.2) is 43.4 Å². The molecule has 7 nitrogen and oxygen atoms in total. The van der Waals surface area contributed by atoms with Gasteiger partial charge in [0.2, 0.25) is 0 Å². The molecule has 1 aliphatic heterocycles. The van der Waals surface area contributed by atoms with E-state index < -0.39 is 0 Å². The van der Waals surface area contributed by atoms with Crippen LogP contribution in [0.15, 0.2) is 47.7 Å². The average molecular weight is 365 g/mol. The van der Waals surface area contributed by atoms with Crippen molar-refractivity contribution in [2.45, 2.75) is 38.6 Å². The van der Waals surface area contributed by atoms with E-state index in [1.807, 2.05) is 36.4 Å². The molecule has 0 N–H and O–H groups in total. The Balaban J connectivity index is 1.51. The summed E-state index contributed by atoms with van der Waals surface area (Å²) in [4.78, 5) is 27.6. The van der Waals surface area contributed by atoms with E-state index in [1.165, 1.54) is 12.0 Å². The molecule has 3 aromatic heterocycles. The lowest BCUT2D eigenvalue weighted by Crippen LogP contribution is -2.40. The van der Waals surface area contributed by atoms with Crippen LogP contribution in [0.25, 0.3) is 0 Å². The van der Waals surface area contributed by atoms with Gasteiger partial charge in [-0.3, -0.25) is 9.78 Å². The van der Waals surface area contributed by atoms with Gasteiger partial charge in [0.05, 0.1) is 0 Å². The largest absolute Gasteiger partial charge is 0.448 e. The smallest absolute Gasteiger partial charge is 0.276 e. The van der Waals surface area contributed by atoms with Crippen molar-refractivity contribution in [2.75, 3.05) is 13.1 Å². The van der Waals surface area contributed by atoms with E-state index in [1.54, 1.807) is 12.4 Å². The molecule has 0 saturated carbocycles. The average Bonchev–Trinajstić information content (AvgIpc) is 3.37. The number of hydrogen-bond donors (Lipinski definition) is 0. The number of imidazole rings is 1. The topological polar surface area (TPSA) is 77.0 Å². The SMILES string of the molecule is CCc1ocnc1C(=O)N1CCC[C@@H](c2nccn2Cc2ccncc2)C1. The van der Waals surface area contributed by atoms with E-state index >= 15 is 0 Å². The van der Waals surface area contributed by atoms with Gasteiger partial charge < -0.3 is 13.9 Å². The Morgan fingerprint density at radius 3 is 2.93 bits per heavy atom. The third-order valence-electron chi connectivity index (χ3n) is 5.09. The second kappa shape index (κ2) is 7.73. The summed E-state index contributed by atoms with van der Waals surface area (Å²) in [6.45, 7) is 4.12. The van der Waals surface area contributed by atoms with Crippen molar-refractivity contribution in [3.63, 3.8) is 0 Å². The summed E-state index contributed by atoms with van der Waals surface area (Å²) in [5.74, 6) is 1.86. The predicted octanol–water partition coefficient (Wildman–Crippen LogP) is 2.90. The minimum absolute atomic E-state index is 0.0439. The van der Waals surface area contributed by atoms with Crippen LogP contribution >= 0.6 is 0 Å². The first kappa shape index (κ1) is 17.5. The van der Waals surface area contributed by atoms with Crippen molar-refractivity contribution in [3.8, 4) is 0 Å². The zero-order valence-electron chi connectivity index (χ0n) is 15.4. The van der Waals surface area contributed by atoms with Crippen LogP contribution in [0.2, 0.25) is 0 Å². The Kier molecular flexibility index (Phi) is 5.00. The summed E-state index contributed by atoms with van der Waals surface area (Å²) >= 11 is 0. The van der Waals surface area contributed by atoms with Crippen molar-refractivity contribution in [1.82, 2.24) is 24.4 Å². The minimum atomic E-state index is -0.0439. The molecule has 0 radical (unpaired) electrons. The number of aryl methyl sites for hydroxylation is 1. The van der Waals surface area contributed by atoms with Crippen LogP contribution in [0.4, 0.5) is 0 Å². The Morgan fingerprint density at radius 2 is 2.11 bits per heavy atom. The Bertz CT molecular complexity index is 902. The van der Waals surface area contributed by atoms with Gasteiger partial charge in [0.25, 0.3) is 5.91 Å². The maximum Gasteiger partial charge on any atom is 0.276 e. The number of rotatable bonds is 5. The molecule has 7 heteroatoms. The van der Waals surface area contributed by atoms with E-state index in [4.69, 9.17) is 4.42 Å². The molecule has 1 fully saturated rings. The quantitative estimate of drug-likeness (QED) is 0.695. The van der Waals surface area contributed by atoms with Crippen LogP contribution in [0.3, 0.4) is 0 Å². The third-order valence-corrected chi connectivity index (χ3v) is 5.09. The van der Waals surface area contributed by atoms with Gasteiger partial charge in [0.15, 0.2) is 12.1 Å². The van der Waals surface area contributed by atoms with Gasteiger partial charge in [-0.05, 0) is 30.5 Å². The molecule has 4 heterocycles. The number of oxazole rings is 1. The van der Waals surface area contributed by atoms with Gasteiger partial charge in [-0.1, -0.05) is 6.92 Å². The Hall–Kier alpha value is -2.96. The van der Waals surface area contributed by atoms with Crippen LogP contribution in [0.1, 0.15) is 53.3 Å². The number of pyridine rings is 1. The number of aromatic nitrogens is 4. The molecule has 0 aliphatic carbocycles. The van der Waals surface area contributed by atoms with E-state index in [0.717, 1.165) is 31.8 Å². The van der Waals surface area contributed by atoms with Gasteiger partial charge >= 0.3 is 0 Å². The van der Waals surface area contributed by atoms with Crippen molar-refractivity contribution < 1.29 is 9.21 Å². The third kappa shape index (κ3) is 3.63. The number of amides is 1. The van der Waals surface area contributed by atoms with Gasteiger partial charge in [-0.25, -0.2) is 9.97 Å². The maximum atomic E-state index is 12.9. The van der Waals surface area contributed by atoms with Gasteiger partial charge in [0.1, 0.15) is 11.6 Å². The number of nitrogens with zero attached hydrogens (tertiary/aromatic N) is 5. The Morgan fingerprint density at radius 1 is 1.26 bits per heavy atom. The van der Waals surface area contributed by atoms with Crippen LogP contribution in [-0.2, 0) is 13.0 Å². The fraction of sp³-hybridized carbons (Fsp3) is 0.400. The summed E-state index contributed by atoms with van der Waals surface area (Å²) in [7, 11) is 0. The van der Waals surface area contributed by atoms with E-state index in [0.29, 0.717) is 24.4 Å². The molecule has 1 aliphatic rings. The lowest BCUT2D eigenvalue weighted by atomic mass is 9.96. The van der Waals surface area contributed by atoms with Gasteiger partial charge in [-0.2, -0.15) is 0 Å². The zero-order chi connectivity index (χ0) is 18.6. The molecule has 4 rings (SSSR count). The standard InChI is InChI=1S/C20H23N5O2/c1-2-17-18(23-14-27-17)20(26)25-10-3-4-16(13-25)19-22-9-11-24(19)12-15-5-7-21-8-6-15/h5-9,11,14,16H,2-4,10,12-13H2,1H3/t16-/m1/s1. The van der Waals surface area contributed by atoms with Gasteiger partial charge in [0, 0.05) is 56.8 Å². The molecule has 0 spiro atoms. The summed E-state index contributed by atoms with van der Waals surface area (Å²) in [6.07, 6.45) is 11.4. The first-order valence-corrected chi connectivity index (χ1v) is 9.37. The molecule has 1 saturated heterocycles. The highest BCUT2D eigenvalue weighted by Crippen LogP contribution is 2.27. The monoisotopic (exact) mass is 365 g/mol. The highest BCUT2D eigenvalue weighted by Gasteiger charge is 2.30. The first-order chi connectivity index (χ1) is 13.3. The molecule has 27 heavy (non-hydrogen) atoms. The normalized spacial score (nSPS) is 17.2. The van der Waals surface area contributed by atoms with Crippen molar-refractivity contribution in [1.29, 1.82) is 0 Å². The zero-order valence-corrected chi connectivity index (χ0v) is 15.4. The fourth-order valence-electron chi connectivity index (χ4n) is 3.72. The second-order valence-corrected chi connectivity index (χ2v) is 6.84. The predicted molar refractivity (Wildman–Crippen MR) is 99.3 cm³/mol. The first-order valence-electron chi connectivity index (χ1n) is 9.37. The van der Waals surface area contributed by atoms with Crippen LogP contribution in [0, 0.1) is 0 Å². The molecule has 3 aromatic rings. The molecule has 1 atom stereocenters. The summed E-state index contributed by atoms with van der Waals surface area (Å²) in [5.41, 5.74) is 1.63. The summed E-state index contributed by atoms with van der Waals surface area (Å²) < 4.78 is 7.50. The van der Waals surface area contributed by atoms with E-state index in [9.17, 15) is 4.79 Å². The molecule has 0 unspecified atom stereocenters. The highest BCUT2D eigenvalue weighted by molar-refractivity contribution is 5.93. The number of piperidine rings is 1. The maximum absolute atomic E-state index is 12.9. The fourth-order valence-corrected chi connectivity index (χ4v) is 3.72. The number of likely N-dealkylation sites (tertiary alicyclic amines) is 1. The molecule has 1 amide bonds. The Labute approximate surface area is 158 Å². The van der Waals surface area contributed by atoms with Crippen molar-refractivity contribution in [3.05, 3.63) is 66.2 Å². The van der Waals surface area contributed by atoms with E-state index in [-0.39, 0.29) is 11.8 Å². The van der Waals surface area contributed by atoms with Crippen LogP contribution < -0.4 is 0 Å². The molecular formula is C20H23N5O2. The molecular weight excluding hydrogens is 342 g/mol. The van der Waals surface area contributed by atoms with Crippen LogP contribution in [0.5, 0.6) is 0 Å². The summed E-state index contributed by atoms with van der Waals surface area (Å²) in [6, 6.07) is 4.02. The molecule has 140 valence electrons. The number of carbonyl (C=O) groups excluding carboxylic acids is 1. The second-order valence-electron chi connectivity index (χ2n) is 6.84. The molecule has 0 aromatic carbocycles. The minimum Gasteiger partial charge on any atom is -0.448 e. The number of carbonyl (C=O) groups is 1. The summed E-state index contributed by atoms with van der Waals surface area (Å²) in [5, 5.41) is 0. The highest BCUT2D eigenvalue weighted by atomic mass is 16.3. The molecule has 0 bridgehead atoms. The lowest BCUT2D eigenvalue weighted by molar-refractivity contribution is 0.0696. The van der Waals surface area contributed by atoms with Crippen molar-refractivity contribution in [2.24, 2.45) is 0 Å². The number of hydrogen-bond acceptors (Lipinski definition) is 5. The lowest BCUT2D eigenvalue weighted by Gasteiger charge is -2.32. The van der Waals surface area contributed by atoms with Gasteiger partial charge in [-0.15, -0.1) is 0 Å².